The molecule has 0 spiro atoms. The van der Waals surface area contributed by atoms with Crippen LogP contribution in [0.4, 0.5) is 0 Å². The van der Waals surface area contributed by atoms with E-state index in [-0.39, 0.29) is 12.2 Å². The summed E-state index contributed by atoms with van der Waals surface area (Å²) in [6.45, 7) is 5.90. The van der Waals surface area contributed by atoms with Crippen LogP contribution >= 0.6 is 11.3 Å². The molecule has 1 atom stereocenters. The summed E-state index contributed by atoms with van der Waals surface area (Å²) in [5.74, 6) is -0.924. The van der Waals surface area contributed by atoms with Crippen LogP contribution in [0.1, 0.15) is 51.4 Å². The smallest absolute Gasteiger partial charge is 0.338 e. The zero-order valence-electron chi connectivity index (χ0n) is 25.3. The summed E-state index contributed by atoms with van der Waals surface area (Å²) in [5, 5.41) is 0. The minimum atomic E-state index is -0.729. The highest BCUT2D eigenvalue weighted by Crippen LogP contribution is 2.35. The molecule has 45 heavy (non-hydrogen) atoms. The molecule has 226 valence electrons. The minimum Gasteiger partial charge on any atom is -0.465 e. The topological polar surface area (TPSA) is 91.9 Å². The van der Waals surface area contributed by atoms with Crippen LogP contribution < -0.4 is 14.9 Å². The van der Waals surface area contributed by atoms with E-state index in [1.807, 2.05) is 103 Å². The molecule has 0 unspecified atom stereocenters. The molecule has 1 aliphatic rings. The van der Waals surface area contributed by atoms with Gasteiger partial charge in [-0.3, -0.25) is 9.36 Å². The van der Waals surface area contributed by atoms with E-state index >= 15 is 0 Å². The van der Waals surface area contributed by atoms with E-state index in [0.717, 1.165) is 33.8 Å². The number of thiazole rings is 1. The Bertz CT molecular complexity index is 2140. The predicted molar refractivity (Wildman–Crippen MR) is 174 cm³/mol. The molecule has 0 saturated carbocycles. The largest absolute Gasteiger partial charge is 0.465 e. The minimum absolute atomic E-state index is 0.189. The molecule has 5 aromatic rings. The van der Waals surface area contributed by atoms with Crippen LogP contribution in [0.25, 0.3) is 17.5 Å². The maximum absolute atomic E-state index is 14.2. The molecule has 0 bridgehead atoms. The average Bonchev–Trinajstić information content (AvgIpc) is 3.53. The highest BCUT2D eigenvalue weighted by molar-refractivity contribution is 7.07. The van der Waals surface area contributed by atoms with Gasteiger partial charge in [-0.2, -0.15) is 0 Å². The molecule has 6 rings (SSSR count). The maximum Gasteiger partial charge on any atom is 0.338 e. The second-order valence-electron chi connectivity index (χ2n) is 10.5. The van der Waals surface area contributed by atoms with Gasteiger partial charge in [0.15, 0.2) is 4.80 Å². The lowest BCUT2D eigenvalue weighted by molar-refractivity contribution is -0.138. The number of aryl methyl sites for hydroxylation is 1. The van der Waals surface area contributed by atoms with Crippen molar-refractivity contribution in [1.29, 1.82) is 0 Å². The Hall–Kier alpha value is -5.28. The molecule has 0 N–H and O–H groups in total. The summed E-state index contributed by atoms with van der Waals surface area (Å²) in [6.07, 6.45) is 1.87. The van der Waals surface area contributed by atoms with Crippen molar-refractivity contribution >= 4 is 35.0 Å². The molecular weight excluding hydrogens is 586 g/mol. The van der Waals surface area contributed by atoms with Gasteiger partial charge in [0, 0.05) is 22.6 Å². The van der Waals surface area contributed by atoms with Gasteiger partial charge in [0.1, 0.15) is 0 Å². The van der Waals surface area contributed by atoms with Gasteiger partial charge in [0.05, 0.1) is 41.1 Å². The molecule has 0 fully saturated rings. The maximum atomic E-state index is 14.2. The van der Waals surface area contributed by atoms with E-state index in [1.54, 1.807) is 23.6 Å². The SMILES string of the molecule is CCOC(=O)C1=C(c2ccccc2)N=c2s/c(=C/c3cc(C)n(-c4cccc(C(=O)OC)c4)c3C)c(=O)n2[C@H]1c1ccccc1. The number of benzene rings is 3. The van der Waals surface area contributed by atoms with Gasteiger partial charge in [0.25, 0.3) is 5.56 Å². The standard InChI is InChI=1S/C36H31N3O5S/c1-5-44-35(42)30-31(24-13-8-6-9-14-24)37-36-39(32(30)25-15-10-7-11-16-25)33(40)29(45-36)21-27-19-22(2)38(23(27)3)28-18-12-17-26(20-28)34(41)43-4/h6-21,32H,5H2,1-4H3/b29-21+/t32-/m0/s1. The summed E-state index contributed by atoms with van der Waals surface area (Å²) in [4.78, 5) is 45.4. The number of carbonyl (C=O) groups excluding carboxylic acids is 2. The van der Waals surface area contributed by atoms with Crippen molar-refractivity contribution in [3.8, 4) is 5.69 Å². The van der Waals surface area contributed by atoms with Crippen LogP contribution in [0.15, 0.2) is 106 Å². The lowest BCUT2D eigenvalue weighted by atomic mass is 9.93. The van der Waals surface area contributed by atoms with Crippen molar-refractivity contribution in [3.63, 3.8) is 0 Å². The van der Waals surface area contributed by atoms with Gasteiger partial charge < -0.3 is 14.0 Å². The Morgan fingerprint density at radius 1 is 0.933 bits per heavy atom. The highest BCUT2D eigenvalue weighted by atomic mass is 32.1. The number of rotatable bonds is 7. The van der Waals surface area contributed by atoms with E-state index in [0.29, 0.717) is 26.2 Å². The summed E-state index contributed by atoms with van der Waals surface area (Å²) < 4.78 is 14.6. The number of fused-ring (bicyclic) bond motifs is 1. The van der Waals surface area contributed by atoms with Crippen molar-refractivity contribution in [3.05, 3.63) is 150 Å². The van der Waals surface area contributed by atoms with Gasteiger partial charge in [-0.25, -0.2) is 14.6 Å². The monoisotopic (exact) mass is 617 g/mol. The third-order valence-electron chi connectivity index (χ3n) is 7.77. The van der Waals surface area contributed by atoms with Gasteiger partial charge in [0.2, 0.25) is 0 Å². The first kappa shape index (κ1) is 29.8. The quantitative estimate of drug-likeness (QED) is 0.236. The van der Waals surface area contributed by atoms with Crippen molar-refractivity contribution in [1.82, 2.24) is 9.13 Å². The van der Waals surface area contributed by atoms with Crippen molar-refractivity contribution in [2.45, 2.75) is 26.8 Å². The lowest BCUT2D eigenvalue weighted by Gasteiger charge is -2.25. The Morgan fingerprint density at radius 3 is 2.33 bits per heavy atom. The van der Waals surface area contributed by atoms with Crippen molar-refractivity contribution in [2.75, 3.05) is 13.7 Å². The van der Waals surface area contributed by atoms with Crippen LogP contribution in [0.2, 0.25) is 0 Å². The zero-order chi connectivity index (χ0) is 31.7. The number of carbonyl (C=O) groups is 2. The molecule has 2 aromatic heterocycles. The molecule has 0 saturated heterocycles. The molecule has 3 aromatic carbocycles. The van der Waals surface area contributed by atoms with Crippen LogP contribution in [0.3, 0.4) is 0 Å². The number of esters is 2. The molecule has 0 aliphatic carbocycles. The molecule has 1 aliphatic heterocycles. The van der Waals surface area contributed by atoms with Crippen molar-refractivity contribution in [2.24, 2.45) is 4.99 Å². The first-order valence-corrected chi connectivity index (χ1v) is 15.3. The third-order valence-corrected chi connectivity index (χ3v) is 8.75. The number of hydrogen-bond acceptors (Lipinski definition) is 7. The Morgan fingerprint density at radius 2 is 1.64 bits per heavy atom. The number of aromatic nitrogens is 2. The lowest BCUT2D eigenvalue weighted by Crippen LogP contribution is -2.40. The fourth-order valence-electron chi connectivity index (χ4n) is 5.75. The second-order valence-corrected chi connectivity index (χ2v) is 11.6. The molecule has 0 radical (unpaired) electrons. The van der Waals surface area contributed by atoms with Crippen molar-refractivity contribution < 1.29 is 19.1 Å². The van der Waals surface area contributed by atoms with Gasteiger partial charge in [-0.1, -0.05) is 78.1 Å². The number of hydrogen-bond donors (Lipinski definition) is 0. The Labute approximate surface area is 263 Å². The van der Waals surface area contributed by atoms with Gasteiger partial charge in [-0.05, 0) is 62.2 Å². The first-order chi connectivity index (χ1) is 21.8. The fraction of sp³-hybridized carbons (Fsp3) is 0.167. The average molecular weight is 618 g/mol. The fourth-order valence-corrected chi connectivity index (χ4v) is 6.75. The van der Waals surface area contributed by atoms with Gasteiger partial charge >= 0.3 is 11.9 Å². The van der Waals surface area contributed by atoms with Crippen LogP contribution in [-0.4, -0.2) is 34.8 Å². The number of methoxy groups -OCH3 is 1. The normalized spacial score (nSPS) is 14.6. The van der Waals surface area contributed by atoms with Crippen LogP contribution in [0, 0.1) is 13.8 Å². The highest BCUT2D eigenvalue weighted by Gasteiger charge is 2.35. The van der Waals surface area contributed by atoms with E-state index in [4.69, 9.17) is 14.5 Å². The summed E-state index contributed by atoms with van der Waals surface area (Å²) in [6, 6.07) is 27.5. The Kier molecular flexibility index (Phi) is 8.19. The van der Waals surface area contributed by atoms with Crippen LogP contribution in [-0.2, 0) is 14.3 Å². The van der Waals surface area contributed by atoms with Gasteiger partial charge in [-0.15, -0.1) is 0 Å². The third kappa shape index (κ3) is 5.47. The number of nitrogens with zero attached hydrogens (tertiary/aromatic N) is 3. The molecule has 3 heterocycles. The van der Waals surface area contributed by atoms with E-state index < -0.39 is 18.0 Å². The Balaban J connectivity index is 1.56. The zero-order valence-corrected chi connectivity index (χ0v) is 26.1. The summed E-state index contributed by atoms with van der Waals surface area (Å²) in [7, 11) is 1.36. The summed E-state index contributed by atoms with van der Waals surface area (Å²) in [5.41, 5.74) is 6.04. The summed E-state index contributed by atoms with van der Waals surface area (Å²) >= 11 is 1.28. The first-order valence-electron chi connectivity index (χ1n) is 14.5. The van der Waals surface area contributed by atoms with E-state index in [2.05, 4.69) is 0 Å². The van der Waals surface area contributed by atoms with E-state index in [9.17, 15) is 14.4 Å². The predicted octanol–water partition coefficient (Wildman–Crippen LogP) is 5.13. The number of ether oxygens (including phenoxy) is 2. The molecule has 0 amide bonds. The molecule has 8 nitrogen and oxygen atoms in total. The molecular formula is C36H31N3O5S. The molecule has 9 heteroatoms. The second kappa shape index (κ2) is 12.4. The van der Waals surface area contributed by atoms with Crippen LogP contribution in [0.5, 0.6) is 0 Å². The van der Waals surface area contributed by atoms with E-state index in [1.165, 1.54) is 18.4 Å².